The second kappa shape index (κ2) is 8.88. The number of carbonyl (C=O) groups excluding carboxylic acids is 2. The van der Waals surface area contributed by atoms with Gasteiger partial charge in [-0.15, -0.1) is 11.3 Å². The Hall–Kier alpha value is -3.85. The molecule has 0 spiro atoms. The van der Waals surface area contributed by atoms with E-state index < -0.39 is 11.7 Å². The molecule has 31 heavy (non-hydrogen) atoms. The smallest absolute Gasteiger partial charge is 0.261 e. The van der Waals surface area contributed by atoms with Crippen LogP contribution in [-0.2, 0) is 6.54 Å². The maximum Gasteiger partial charge on any atom is 0.261 e. The lowest BCUT2D eigenvalue weighted by atomic mass is 10.2. The average molecular weight is 435 g/mol. The third kappa shape index (κ3) is 4.84. The lowest BCUT2D eigenvalue weighted by molar-refractivity contribution is 0.0953. The summed E-state index contributed by atoms with van der Waals surface area (Å²) in [4.78, 5) is 29.7. The van der Waals surface area contributed by atoms with E-state index in [0.29, 0.717) is 22.2 Å². The van der Waals surface area contributed by atoms with Crippen LogP contribution in [0.4, 0.5) is 9.39 Å². The van der Waals surface area contributed by atoms with Crippen molar-refractivity contribution in [3.8, 4) is 5.82 Å². The lowest BCUT2D eigenvalue weighted by Crippen LogP contribution is -2.22. The number of nitrogens with one attached hydrogen (secondary N) is 2. The van der Waals surface area contributed by atoms with Crippen molar-refractivity contribution in [3.05, 3.63) is 94.5 Å². The number of hydrogen-bond acceptors (Lipinski definition) is 5. The summed E-state index contributed by atoms with van der Waals surface area (Å²) in [5.41, 5.74) is 1.80. The molecular weight excluding hydrogens is 417 g/mol. The van der Waals surface area contributed by atoms with Crippen molar-refractivity contribution in [2.45, 2.75) is 13.5 Å². The first-order chi connectivity index (χ1) is 15.0. The van der Waals surface area contributed by atoms with Gasteiger partial charge in [-0.05, 0) is 54.4 Å². The van der Waals surface area contributed by atoms with Gasteiger partial charge in [0.15, 0.2) is 5.82 Å². The molecule has 0 saturated carbocycles. The number of halogens is 1. The van der Waals surface area contributed by atoms with E-state index in [9.17, 15) is 14.0 Å². The van der Waals surface area contributed by atoms with Crippen LogP contribution >= 0.6 is 11.3 Å². The van der Waals surface area contributed by atoms with Crippen molar-refractivity contribution in [1.29, 1.82) is 0 Å². The number of amides is 2. The minimum Gasteiger partial charge on any atom is -0.347 e. The maximum atomic E-state index is 13.3. The van der Waals surface area contributed by atoms with Gasteiger partial charge in [0.2, 0.25) is 0 Å². The van der Waals surface area contributed by atoms with Crippen LogP contribution in [0, 0.1) is 12.7 Å². The zero-order valence-electron chi connectivity index (χ0n) is 16.5. The van der Waals surface area contributed by atoms with E-state index in [1.807, 2.05) is 18.2 Å². The Bertz CT molecular complexity index is 1220. The maximum absolute atomic E-state index is 13.3. The number of hydrogen-bond donors (Lipinski definition) is 2. The van der Waals surface area contributed by atoms with E-state index in [0.717, 1.165) is 17.2 Å². The summed E-state index contributed by atoms with van der Waals surface area (Å²) in [6, 6.07) is 12.7. The van der Waals surface area contributed by atoms with Crippen LogP contribution < -0.4 is 10.6 Å². The molecule has 3 heterocycles. The Morgan fingerprint density at radius 1 is 1.13 bits per heavy atom. The molecule has 4 aromatic rings. The average Bonchev–Trinajstić information content (AvgIpc) is 3.42. The number of aryl methyl sites for hydroxylation is 1. The van der Waals surface area contributed by atoms with Gasteiger partial charge in [-0.25, -0.2) is 14.1 Å². The van der Waals surface area contributed by atoms with Gasteiger partial charge in [0, 0.05) is 30.7 Å². The number of anilines is 1. The van der Waals surface area contributed by atoms with Gasteiger partial charge in [0.1, 0.15) is 5.82 Å². The molecule has 0 saturated heterocycles. The fraction of sp³-hybridized carbons (Fsp3) is 0.0909. The van der Waals surface area contributed by atoms with Gasteiger partial charge >= 0.3 is 0 Å². The topological polar surface area (TPSA) is 88.9 Å². The summed E-state index contributed by atoms with van der Waals surface area (Å²) < 4.78 is 15.0. The van der Waals surface area contributed by atoms with E-state index in [1.165, 1.54) is 29.5 Å². The van der Waals surface area contributed by atoms with Crippen LogP contribution in [-0.4, -0.2) is 26.6 Å². The third-order valence-corrected chi connectivity index (χ3v) is 5.60. The second-order valence-corrected chi connectivity index (χ2v) is 7.80. The molecule has 7 nitrogen and oxygen atoms in total. The van der Waals surface area contributed by atoms with Crippen molar-refractivity contribution < 1.29 is 14.0 Å². The molecule has 0 aliphatic carbocycles. The normalized spacial score (nSPS) is 10.6. The van der Waals surface area contributed by atoms with Crippen molar-refractivity contribution in [2.24, 2.45) is 0 Å². The minimum atomic E-state index is -0.484. The number of pyridine rings is 1. The van der Waals surface area contributed by atoms with Gasteiger partial charge < -0.3 is 10.6 Å². The molecule has 0 bridgehead atoms. The summed E-state index contributed by atoms with van der Waals surface area (Å²) in [5.74, 6) is -0.476. The zero-order chi connectivity index (χ0) is 21.8. The first-order valence-electron chi connectivity index (χ1n) is 9.40. The number of nitrogens with zero attached hydrogens (tertiary/aromatic N) is 3. The zero-order valence-corrected chi connectivity index (χ0v) is 17.3. The van der Waals surface area contributed by atoms with Crippen LogP contribution in [0.5, 0.6) is 0 Å². The predicted molar refractivity (Wildman–Crippen MR) is 116 cm³/mol. The molecule has 1 aromatic carbocycles. The quantitative estimate of drug-likeness (QED) is 0.480. The molecule has 0 unspecified atom stereocenters. The predicted octanol–water partition coefficient (Wildman–Crippen LogP) is 3.96. The molecule has 2 amide bonds. The Morgan fingerprint density at radius 2 is 2.00 bits per heavy atom. The SMILES string of the molecule is Cc1cc(NC(=O)c2cccc(F)c2)sc1C(=O)NCc1ccc(-n2cccn2)nc1. The van der Waals surface area contributed by atoms with E-state index >= 15 is 0 Å². The van der Waals surface area contributed by atoms with Gasteiger partial charge in [-0.3, -0.25) is 9.59 Å². The van der Waals surface area contributed by atoms with Crippen LogP contribution in [0.15, 0.2) is 67.1 Å². The first-order valence-corrected chi connectivity index (χ1v) is 10.2. The molecule has 0 atom stereocenters. The van der Waals surface area contributed by atoms with Gasteiger partial charge in [-0.1, -0.05) is 12.1 Å². The highest BCUT2D eigenvalue weighted by atomic mass is 32.1. The van der Waals surface area contributed by atoms with Crippen LogP contribution in [0.3, 0.4) is 0 Å². The minimum absolute atomic E-state index is 0.211. The van der Waals surface area contributed by atoms with Crippen LogP contribution in [0.25, 0.3) is 5.82 Å². The summed E-state index contributed by atoms with van der Waals surface area (Å²) in [6.45, 7) is 2.11. The summed E-state index contributed by atoms with van der Waals surface area (Å²) in [7, 11) is 0. The summed E-state index contributed by atoms with van der Waals surface area (Å²) >= 11 is 1.17. The highest BCUT2D eigenvalue weighted by molar-refractivity contribution is 7.18. The third-order valence-electron chi connectivity index (χ3n) is 4.45. The lowest BCUT2D eigenvalue weighted by Gasteiger charge is -2.06. The van der Waals surface area contributed by atoms with Crippen molar-refractivity contribution in [2.75, 3.05) is 5.32 Å². The number of thiophene rings is 1. The summed E-state index contributed by atoms with van der Waals surface area (Å²) in [5, 5.41) is 10.2. The highest BCUT2D eigenvalue weighted by Gasteiger charge is 2.16. The van der Waals surface area contributed by atoms with Crippen molar-refractivity contribution in [1.82, 2.24) is 20.1 Å². The standard InChI is InChI=1S/C22H18FN5O2S/c1-14-10-19(27-21(29)16-4-2-5-17(23)11-16)31-20(14)22(30)25-13-15-6-7-18(24-12-15)28-9-3-8-26-28/h2-12H,13H2,1H3,(H,25,30)(H,27,29). The molecule has 4 rings (SSSR count). The molecule has 9 heteroatoms. The highest BCUT2D eigenvalue weighted by Crippen LogP contribution is 2.27. The molecule has 2 N–H and O–H groups in total. The van der Waals surface area contributed by atoms with Gasteiger partial charge in [0.25, 0.3) is 11.8 Å². The molecule has 156 valence electrons. The van der Waals surface area contributed by atoms with Gasteiger partial charge in [-0.2, -0.15) is 5.10 Å². The van der Waals surface area contributed by atoms with Crippen LogP contribution in [0.2, 0.25) is 0 Å². The van der Waals surface area contributed by atoms with E-state index in [1.54, 1.807) is 36.3 Å². The second-order valence-electron chi connectivity index (χ2n) is 6.75. The largest absolute Gasteiger partial charge is 0.347 e. The molecule has 0 aliphatic rings. The monoisotopic (exact) mass is 435 g/mol. The van der Waals surface area contributed by atoms with Gasteiger partial charge in [0.05, 0.1) is 9.88 Å². The number of carbonyl (C=O) groups is 2. The van der Waals surface area contributed by atoms with Crippen molar-refractivity contribution >= 4 is 28.2 Å². The number of benzene rings is 1. The molecule has 0 aliphatic heterocycles. The molecule has 3 aromatic heterocycles. The van der Waals surface area contributed by atoms with Crippen LogP contribution in [0.1, 0.15) is 31.2 Å². The summed E-state index contributed by atoms with van der Waals surface area (Å²) in [6.07, 6.45) is 5.16. The number of aromatic nitrogens is 3. The first kappa shape index (κ1) is 20.4. The van der Waals surface area contributed by atoms with E-state index in [-0.39, 0.29) is 11.5 Å². The Balaban J connectivity index is 1.38. The molecule has 0 fully saturated rings. The molecular formula is C22H18FN5O2S. The Kier molecular flexibility index (Phi) is 5.85. The van der Waals surface area contributed by atoms with Crippen molar-refractivity contribution in [3.63, 3.8) is 0 Å². The molecule has 0 radical (unpaired) electrons. The fourth-order valence-electron chi connectivity index (χ4n) is 2.91. The number of rotatable bonds is 6. The Morgan fingerprint density at radius 3 is 2.71 bits per heavy atom. The fourth-order valence-corrected chi connectivity index (χ4v) is 3.89. The Labute approximate surface area is 181 Å². The van der Waals surface area contributed by atoms with E-state index in [2.05, 4.69) is 20.7 Å². The van der Waals surface area contributed by atoms with E-state index in [4.69, 9.17) is 0 Å².